The van der Waals surface area contributed by atoms with Crippen molar-refractivity contribution in [3.8, 4) is 0 Å². The van der Waals surface area contributed by atoms with Crippen LogP contribution in [0.4, 0.5) is 0 Å². The molecule has 0 radical (unpaired) electrons. The molecule has 1 aliphatic heterocycles. The first-order valence-corrected chi connectivity index (χ1v) is 5.39. The fourth-order valence-corrected chi connectivity index (χ4v) is 1.53. The number of aliphatic hydroxyl groups is 1. The average molecular weight is 203 g/mol. The Hall–Kier alpha value is -0.160. The van der Waals surface area contributed by atoms with Gasteiger partial charge in [0.2, 0.25) is 0 Å². The largest absolute Gasteiger partial charge is 0.394 e. The lowest BCUT2D eigenvalue weighted by molar-refractivity contribution is -0.0580. The van der Waals surface area contributed by atoms with E-state index in [-0.39, 0.29) is 12.7 Å². The summed E-state index contributed by atoms with van der Waals surface area (Å²) in [6, 6.07) is 0. The minimum Gasteiger partial charge on any atom is -0.394 e. The van der Waals surface area contributed by atoms with Gasteiger partial charge in [-0.3, -0.25) is 4.90 Å². The smallest absolute Gasteiger partial charge is 0.0932 e. The van der Waals surface area contributed by atoms with Crippen LogP contribution in [0.25, 0.3) is 0 Å². The van der Waals surface area contributed by atoms with Crippen LogP contribution < -0.4 is 0 Å². The third kappa shape index (κ3) is 4.37. The van der Waals surface area contributed by atoms with E-state index >= 15 is 0 Å². The third-order valence-electron chi connectivity index (χ3n) is 2.33. The zero-order chi connectivity index (χ0) is 10.2. The fraction of sp³-hybridized carbons (Fsp3) is 1.00. The maximum absolute atomic E-state index is 8.94. The highest BCUT2D eigenvalue weighted by atomic mass is 16.5. The Morgan fingerprint density at radius 3 is 3.07 bits per heavy atom. The van der Waals surface area contributed by atoms with Gasteiger partial charge in [0.15, 0.2) is 0 Å². The van der Waals surface area contributed by atoms with Crippen molar-refractivity contribution in [2.75, 3.05) is 46.1 Å². The molecule has 1 heterocycles. The van der Waals surface area contributed by atoms with Gasteiger partial charge in [-0.2, -0.15) is 0 Å². The standard InChI is InChI=1S/C10H21NO3/c1-2-5-13-6-3-11-4-7-14-10(8-11)9-12/h10,12H,2-9H2,1H3. The van der Waals surface area contributed by atoms with E-state index in [2.05, 4.69) is 11.8 Å². The van der Waals surface area contributed by atoms with Gasteiger partial charge in [-0.1, -0.05) is 6.92 Å². The number of nitrogens with zero attached hydrogens (tertiary/aromatic N) is 1. The van der Waals surface area contributed by atoms with E-state index in [1.54, 1.807) is 0 Å². The van der Waals surface area contributed by atoms with Gasteiger partial charge in [-0.25, -0.2) is 0 Å². The molecule has 14 heavy (non-hydrogen) atoms. The predicted molar refractivity (Wildman–Crippen MR) is 54.4 cm³/mol. The van der Waals surface area contributed by atoms with Crippen molar-refractivity contribution in [3.05, 3.63) is 0 Å². The highest BCUT2D eigenvalue weighted by Crippen LogP contribution is 2.03. The molecule has 1 N–H and O–H groups in total. The highest BCUT2D eigenvalue weighted by molar-refractivity contribution is 4.70. The first-order valence-electron chi connectivity index (χ1n) is 5.39. The van der Waals surface area contributed by atoms with Crippen LogP contribution in [-0.2, 0) is 9.47 Å². The Balaban J connectivity index is 2.05. The zero-order valence-electron chi connectivity index (χ0n) is 8.95. The monoisotopic (exact) mass is 203 g/mol. The lowest BCUT2D eigenvalue weighted by Gasteiger charge is -2.31. The summed E-state index contributed by atoms with van der Waals surface area (Å²) in [5.74, 6) is 0. The first-order chi connectivity index (χ1) is 6.86. The van der Waals surface area contributed by atoms with Crippen LogP contribution in [0.5, 0.6) is 0 Å². The maximum Gasteiger partial charge on any atom is 0.0932 e. The average Bonchev–Trinajstić information content (AvgIpc) is 2.25. The Labute approximate surface area is 85.8 Å². The van der Waals surface area contributed by atoms with Crippen molar-refractivity contribution in [2.45, 2.75) is 19.4 Å². The summed E-state index contributed by atoms with van der Waals surface area (Å²) in [6.07, 6.45) is 1.07. The molecule has 0 saturated carbocycles. The number of ether oxygens (including phenoxy) is 2. The van der Waals surface area contributed by atoms with E-state index in [1.165, 1.54) is 0 Å². The van der Waals surface area contributed by atoms with E-state index in [0.717, 1.165) is 45.9 Å². The molecule has 4 nitrogen and oxygen atoms in total. The molecule has 0 bridgehead atoms. The number of aliphatic hydroxyl groups excluding tert-OH is 1. The van der Waals surface area contributed by atoms with Crippen LogP contribution in [0.3, 0.4) is 0 Å². The second-order valence-electron chi connectivity index (χ2n) is 3.59. The van der Waals surface area contributed by atoms with Crippen LogP contribution in [0, 0.1) is 0 Å². The zero-order valence-corrected chi connectivity index (χ0v) is 8.95. The molecule has 0 aromatic rings. The Kier molecular flexibility index (Phi) is 6.10. The highest BCUT2D eigenvalue weighted by Gasteiger charge is 2.18. The Bertz CT molecular complexity index is 143. The second-order valence-corrected chi connectivity index (χ2v) is 3.59. The molecule has 1 fully saturated rings. The maximum atomic E-state index is 8.94. The molecule has 1 unspecified atom stereocenters. The van der Waals surface area contributed by atoms with E-state index in [0.29, 0.717) is 0 Å². The SMILES string of the molecule is CCCOCCN1CCOC(CO)C1. The normalized spacial score (nSPS) is 24.0. The van der Waals surface area contributed by atoms with Crippen LogP contribution >= 0.6 is 0 Å². The predicted octanol–water partition coefficient (Wildman–Crippen LogP) is 0.106. The van der Waals surface area contributed by atoms with Gasteiger partial charge in [0, 0.05) is 26.2 Å². The number of hydrogen-bond acceptors (Lipinski definition) is 4. The Morgan fingerprint density at radius 1 is 1.50 bits per heavy atom. The summed E-state index contributed by atoms with van der Waals surface area (Å²) in [7, 11) is 0. The summed E-state index contributed by atoms with van der Waals surface area (Å²) in [5.41, 5.74) is 0. The topological polar surface area (TPSA) is 41.9 Å². The number of hydrogen-bond donors (Lipinski definition) is 1. The second kappa shape index (κ2) is 7.17. The van der Waals surface area contributed by atoms with Gasteiger partial charge in [0.05, 0.1) is 25.9 Å². The molecule has 0 aliphatic carbocycles. The molecule has 84 valence electrons. The lowest BCUT2D eigenvalue weighted by atomic mass is 10.3. The lowest BCUT2D eigenvalue weighted by Crippen LogP contribution is -2.45. The molecule has 4 heteroatoms. The molecule has 0 amide bonds. The molecule has 0 aromatic heterocycles. The molecule has 0 spiro atoms. The van der Waals surface area contributed by atoms with Gasteiger partial charge in [0.25, 0.3) is 0 Å². The third-order valence-corrected chi connectivity index (χ3v) is 2.33. The van der Waals surface area contributed by atoms with Crippen LogP contribution in [0.1, 0.15) is 13.3 Å². The fourth-order valence-electron chi connectivity index (χ4n) is 1.53. The quantitative estimate of drug-likeness (QED) is 0.622. The minimum absolute atomic E-state index is 0.00470. The van der Waals surface area contributed by atoms with E-state index < -0.39 is 0 Å². The van der Waals surface area contributed by atoms with Crippen LogP contribution in [0.2, 0.25) is 0 Å². The van der Waals surface area contributed by atoms with Gasteiger partial charge < -0.3 is 14.6 Å². The van der Waals surface area contributed by atoms with Crippen molar-refractivity contribution < 1.29 is 14.6 Å². The van der Waals surface area contributed by atoms with Crippen molar-refractivity contribution >= 4 is 0 Å². The molecule has 1 atom stereocenters. The molecular weight excluding hydrogens is 182 g/mol. The van der Waals surface area contributed by atoms with Crippen molar-refractivity contribution in [1.29, 1.82) is 0 Å². The van der Waals surface area contributed by atoms with Gasteiger partial charge >= 0.3 is 0 Å². The van der Waals surface area contributed by atoms with Gasteiger partial charge in [0.1, 0.15) is 0 Å². The summed E-state index contributed by atoms with van der Waals surface area (Å²) >= 11 is 0. The van der Waals surface area contributed by atoms with E-state index in [9.17, 15) is 0 Å². The number of rotatable bonds is 6. The number of morpholine rings is 1. The molecule has 1 aliphatic rings. The van der Waals surface area contributed by atoms with Crippen LogP contribution in [-0.4, -0.2) is 62.2 Å². The molecule has 0 aromatic carbocycles. The molecule has 1 saturated heterocycles. The molecule has 1 rings (SSSR count). The van der Waals surface area contributed by atoms with Crippen LogP contribution in [0.15, 0.2) is 0 Å². The van der Waals surface area contributed by atoms with Crippen molar-refractivity contribution in [1.82, 2.24) is 4.90 Å². The summed E-state index contributed by atoms with van der Waals surface area (Å²) in [5, 5.41) is 8.94. The summed E-state index contributed by atoms with van der Waals surface area (Å²) in [4.78, 5) is 2.28. The first kappa shape index (κ1) is 11.9. The van der Waals surface area contributed by atoms with E-state index in [4.69, 9.17) is 14.6 Å². The molecular formula is C10H21NO3. The van der Waals surface area contributed by atoms with Gasteiger partial charge in [-0.15, -0.1) is 0 Å². The minimum atomic E-state index is -0.00470. The van der Waals surface area contributed by atoms with Gasteiger partial charge in [-0.05, 0) is 6.42 Å². The van der Waals surface area contributed by atoms with E-state index in [1.807, 2.05) is 0 Å². The van der Waals surface area contributed by atoms with Crippen molar-refractivity contribution in [2.24, 2.45) is 0 Å². The summed E-state index contributed by atoms with van der Waals surface area (Å²) < 4.78 is 10.8. The Morgan fingerprint density at radius 2 is 2.36 bits per heavy atom. The summed E-state index contributed by atoms with van der Waals surface area (Å²) in [6.45, 7) is 7.29. The van der Waals surface area contributed by atoms with Crippen molar-refractivity contribution in [3.63, 3.8) is 0 Å².